The van der Waals surface area contributed by atoms with Crippen molar-refractivity contribution in [3.63, 3.8) is 0 Å². The number of carbonyl (C=O) groups is 1. The van der Waals surface area contributed by atoms with Crippen LogP contribution in [0, 0.1) is 13.8 Å². The van der Waals surface area contributed by atoms with E-state index in [2.05, 4.69) is 5.32 Å². The lowest BCUT2D eigenvalue weighted by Crippen LogP contribution is -2.21. The number of carbonyl (C=O) groups excluding carboxylic acids is 1. The van der Waals surface area contributed by atoms with Gasteiger partial charge < -0.3 is 14.5 Å². The Hall–Kier alpha value is -2.23. The number of nitrogens with one attached hydrogen (secondary N) is 1. The molecule has 4 heteroatoms. The van der Waals surface area contributed by atoms with Crippen molar-refractivity contribution < 1.29 is 13.9 Å². The van der Waals surface area contributed by atoms with Gasteiger partial charge in [-0.3, -0.25) is 4.79 Å². The standard InChI is InChI=1S/C18H23NO3/c1-6-7-19-18(20)8-11(2)14-9-15-12(3)13(4)22-17(15)10-16(14)21-5/h8-10H,6-7H2,1-5H3,(H,19,20)/b11-8+. The maximum Gasteiger partial charge on any atom is 0.244 e. The highest BCUT2D eigenvalue weighted by Gasteiger charge is 2.14. The number of aryl methyl sites for hydroxylation is 2. The number of hydrogen-bond donors (Lipinski definition) is 1. The molecule has 0 fully saturated rings. The van der Waals surface area contributed by atoms with Crippen LogP contribution in [0.3, 0.4) is 0 Å². The van der Waals surface area contributed by atoms with E-state index in [0.717, 1.165) is 39.9 Å². The average molecular weight is 301 g/mol. The maximum absolute atomic E-state index is 11.9. The van der Waals surface area contributed by atoms with Crippen LogP contribution in [0.2, 0.25) is 0 Å². The number of amides is 1. The summed E-state index contributed by atoms with van der Waals surface area (Å²) in [6.45, 7) is 8.60. The van der Waals surface area contributed by atoms with Crippen molar-refractivity contribution in [3.8, 4) is 5.75 Å². The molecule has 1 N–H and O–H groups in total. The van der Waals surface area contributed by atoms with E-state index in [1.807, 2.05) is 39.8 Å². The molecule has 2 aromatic rings. The highest BCUT2D eigenvalue weighted by molar-refractivity contribution is 5.97. The SMILES string of the molecule is CCCNC(=O)/C=C(\C)c1cc2c(C)c(C)oc2cc1OC. The van der Waals surface area contributed by atoms with Crippen LogP contribution in [0.4, 0.5) is 0 Å². The molecule has 1 amide bonds. The van der Waals surface area contributed by atoms with Crippen molar-refractivity contribution in [2.24, 2.45) is 0 Å². The smallest absolute Gasteiger partial charge is 0.244 e. The zero-order valence-corrected chi connectivity index (χ0v) is 13.9. The Labute approximate surface area is 131 Å². The zero-order chi connectivity index (χ0) is 16.3. The fourth-order valence-electron chi connectivity index (χ4n) is 2.42. The zero-order valence-electron chi connectivity index (χ0n) is 13.9. The summed E-state index contributed by atoms with van der Waals surface area (Å²) >= 11 is 0. The van der Waals surface area contributed by atoms with Gasteiger partial charge in [-0.1, -0.05) is 6.92 Å². The van der Waals surface area contributed by atoms with E-state index in [9.17, 15) is 4.79 Å². The molecule has 0 radical (unpaired) electrons. The Morgan fingerprint density at radius 2 is 2.09 bits per heavy atom. The van der Waals surface area contributed by atoms with Crippen molar-refractivity contribution in [3.05, 3.63) is 35.1 Å². The summed E-state index contributed by atoms with van der Waals surface area (Å²) in [6.07, 6.45) is 2.53. The highest BCUT2D eigenvalue weighted by Crippen LogP contribution is 2.34. The molecule has 0 saturated heterocycles. The first kappa shape index (κ1) is 16.1. The topological polar surface area (TPSA) is 51.5 Å². The van der Waals surface area contributed by atoms with Crippen molar-refractivity contribution in [2.45, 2.75) is 34.1 Å². The van der Waals surface area contributed by atoms with Gasteiger partial charge in [-0.25, -0.2) is 0 Å². The van der Waals surface area contributed by atoms with Gasteiger partial charge >= 0.3 is 0 Å². The Morgan fingerprint density at radius 3 is 2.73 bits per heavy atom. The summed E-state index contributed by atoms with van der Waals surface area (Å²) in [5, 5.41) is 3.90. The van der Waals surface area contributed by atoms with Crippen LogP contribution in [-0.2, 0) is 4.79 Å². The van der Waals surface area contributed by atoms with E-state index in [-0.39, 0.29) is 5.91 Å². The Balaban J connectivity index is 2.46. The fourth-order valence-corrected chi connectivity index (χ4v) is 2.42. The number of methoxy groups -OCH3 is 1. The van der Waals surface area contributed by atoms with E-state index < -0.39 is 0 Å². The average Bonchev–Trinajstić information content (AvgIpc) is 2.78. The van der Waals surface area contributed by atoms with Crippen LogP contribution in [0.1, 0.15) is 37.2 Å². The van der Waals surface area contributed by atoms with Crippen LogP contribution in [-0.4, -0.2) is 19.6 Å². The molecule has 0 aliphatic carbocycles. The predicted molar refractivity (Wildman–Crippen MR) is 89.2 cm³/mol. The third-order valence-electron chi connectivity index (χ3n) is 3.82. The number of fused-ring (bicyclic) bond motifs is 1. The molecule has 1 aromatic carbocycles. The number of benzene rings is 1. The number of rotatable bonds is 5. The molecule has 4 nitrogen and oxygen atoms in total. The monoisotopic (exact) mass is 301 g/mol. The molecular weight excluding hydrogens is 278 g/mol. The molecule has 1 aromatic heterocycles. The number of hydrogen-bond acceptors (Lipinski definition) is 3. The minimum atomic E-state index is -0.0819. The number of ether oxygens (including phenoxy) is 1. The summed E-state index contributed by atoms with van der Waals surface area (Å²) in [4.78, 5) is 11.9. The predicted octanol–water partition coefficient (Wildman–Crippen LogP) is 3.99. The summed E-state index contributed by atoms with van der Waals surface area (Å²) in [5.74, 6) is 1.52. The highest BCUT2D eigenvalue weighted by atomic mass is 16.5. The van der Waals surface area contributed by atoms with Crippen LogP contribution in [0.25, 0.3) is 16.5 Å². The number of allylic oxidation sites excluding steroid dienone is 1. The lowest BCUT2D eigenvalue weighted by molar-refractivity contribution is -0.116. The second-order valence-corrected chi connectivity index (χ2v) is 5.45. The van der Waals surface area contributed by atoms with Gasteiger partial charge in [0.25, 0.3) is 0 Å². The van der Waals surface area contributed by atoms with Crippen molar-refractivity contribution in [2.75, 3.05) is 13.7 Å². The number of furan rings is 1. The molecule has 0 saturated carbocycles. The molecule has 0 unspecified atom stereocenters. The van der Waals surface area contributed by atoms with E-state index >= 15 is 0 Å². The van der Waals surface area contributed by atoms with Crippen LogP contribution in [0.15, 0.2) is 22.6 Å². The van der Waals surface area contributed by atoms with Crippen molar-refractivity contribution >= 4 is 22.4 Å². The van der Waals surface area contributed by atoms with Gasteiger partial charge in [0.2, 0.25) is 5.91 Å². The summed E-state index contributed by atoms with van der Waals surface area (Å²) in [7, 11) is 1.62. The molecule has 0 spiro atoms. The van der Waals surface area contributed by atoms with Crippen molar-refractivity contribution in [1.29, 1.82) is 0 Å². The maximum atomic E-state index is 11.9. The fraction of sp³-hybridized carbons (Fsp3) is 0.389. The normalized spacial score (nSPS) is 11.8. The van der Waals surface area contributed by atoms with Gasteiger partial charge in [0.15, 0.2) is 0 Å². The quantitative estimate of drug-likeness (QED) is 0.850. The molecule has 0 aliphatic heterocycles. The van der Waals surface area contributed by atoms with Gasteiger partial charge in [0.1, 0.15) is 17.1 Å². The summed E-state index contributed by atoms with van der Waals surface area (Å²) in [5.41, 5.74) is 3.69. The Morgan fingerprint density at radius 1 is 1.36 bits per heavy atom. The molecule has 0 atom stereocenters. The summed E-state index contributed by atoms with van der Waals surface area (Å²) < 4.78 is 11.2. The second kappa shape index (κ2) is 6.69. The summed E-state index contributed by atoms with van der Waals surface area (Å²) in [6, 6.07) is 3.91. The second-order valence-electron chi connectivity index (χ2n) is 5.45. The van der Waals surface area contributed by atoms with E-state index in [1.54, 1.807) is 13.2 Å². The van der Waals surface area contributed by atoms with E-state index in [0.29, 0.717) is 12.3 Å². The van der Waals surface area contributed by atoms with Crippen LogP contribution < -0.4 is 10.1 Å². The van der Waals surface area contributed by atoms with E-state index in [4.69, 9.17) is 9.15 Å². The van der Waals surface area contributed by atoms with E-state index in [1.165, 1.54) is 0 Å². The first-order chi connectivity index (χ1) is 10.5. The molecule has 0 aliphatic rings. The van der Waals surface area contributed by atoms with Crippen LogP contribution >= 0.6 is 0 Å². The largest absolute Gasteiger partial charge is 0.496 e. The Kier molecular flexibility index (Phi) is 4.91. The molecule has 118 valence electrons. The third kappa shape index (κ3) is 3.16. The van der Waals surface area contributed by atoms with Crippen LogP contribution in [0.5, 0.6) is 5.75 Å². The Bertz CT molecular complexity index is 725. The molecule has 0 bridgehead atoms. The minimum Gasteiger partial charge on any atom is -0.496 e. The first-order valence-corrected chi connectivity index (χ1v) is 7.52. The molecule has 1 heterocycles. The molecule has 22 heavy (non-hydrogen) atoms. The van der Waals surface area contributed by atoms with Gasteiger partial charge in [-0.15, -0.1) is 0 Å². The van der Waals surface area contributed by atoms with Gasteiger partial charge in [0.05, 0.1) is 7.11 Å². The van der Waals surface area contributed by atoms with Gasteiger partial charge in [-0.2, -0.15) is 0 Å². The van der Waals surface area contributed by atoms with Gasteiger partial charge in [-0.05, 0) is 44.4 Å². The minimum absolute atomic E-state index is 0.0819. The third-order valence-corrected chi connectivity index (χ3v) is 3.82. The molecule has 2 rings (SSSR count). The molecular formula is C18H23NO3. The first-order valence-electron chi connectivity index (χ1n) is 7.52. The van der Waals surface area contributed by atoms with Gasteiger partial charge in [0, 0.05) is 29.6 Å². The van der Waals surface area contributed by atoms with Crippen molar-refractivity contribution in [1.82, 2.24) is 5.32 Å². The lowest BCUT2D eigenvalue weighted by atomic mass is 10.0. The lowest BCUT2D eigenvalue weighted by Gasteiger charge is -2.09.